The van der Waals surface area contributed by atoms with Gasteiger partial charge in [0.15, 0.2) is 0 Å². The third kappa shape index (κ3) is 3.14. The molecule has 0 aliphatic carbocycles. The quantitative estimate of drug-likeness (QED) is 0.695. The number of carbonyl (C=O) groups is 1. The molecule has 5 nitrogen and oxygen atoms in total. The monoisotopic (exact) mass is 302 g/mol. The number of pyridine rings is 1. The summed E-state index contributed by atoms with van der Waals surface area (Å²) >= 11 is 0. The first-order valence-corrected chi connectivity index (χ1v) is 6.28. The maximum atomic E-state index is 11.8. The fourth-order valence-corrected chi connectivity index (χ4v) is 2.11. The van der Waals surface area contributed by atoms with Crippen LogP contribution in [-0.4, -0.2) is 15.9 Å². The molecule has 0 saturated heterocycles. The number of aromatic nitrogens is 2. The highest BCUT2D eigenvalue weighted by atomic mass is 35.5. The molecule has 0 aliphatic heterocycles. The van der Waals surface area contributed by atoms with E-state index in [0.717, 1.165) is 16.3 Å². The Labute approximate surface area is 128 Å². The van der Waals surface area contributed by atoms with Crippen molar-refractivity contribution in [2.24, 2.45) is 0 Å². The number of rotatable bonds is 3. The third-order valence-electron chi connectivity index (χ3n) is 3.17. The van der Waals surface area contributed by atoms with Crippen molar-refractivity contribution >= 4 is 34.9 Å². The number of benzene rings is 1. The van der Waals surface area contributed by atoms with Crippen molar-refractivity contribution in [3.05, 3.63) is 60.0 Å². The maximum absolute atomic E-state index is 11.8. The van der Waals surface area contributed by atoms with Crippen LogP contribution in [0.25, 0.3) is 10.8 Å². The summed E-state index contributed by atoms with van der Waals surface area (Å²) < 4.78 is 0. The number of nitrogens with zero attached hydrogens (tertiary/aromatic N) is 1. The van der Waals surface area contributed by atoms with Crippen LogP contribution in [0.4, 0.5) is 5.82 Å². The number of nitrogens with one attached hydrogen (secondary N) is 2. The van der Waals surface area contributed by atoms with Gasteiger partial charge in [0, 0.05) is 30.5 Å². The molecule has 2 aromatic heterocycles. The van der Waals surface area contributed by atoms with Crippen LogP contribution in [0.5, 0.6) is 0 Å². The lowest BCUT2D eigenvalue weighted by atomic mass is 10.1. The summed E-state index contributed by atoms with van der Waals surface area (Å²) in [5.41, 5.74) is 7.45. The average Bonchev–Trinajstić information content (AvgIpc) is 2.99. The fraction of sp³-hybridized carbons (Fsp3) is 0.0667. The van der Waals surface area contributed by atoms with Crippen molar-refractivity contribution in [1.29, 1.82) is 0 Å². The summed E-state index contributed by atoms with van der Waals surface area (Å²) in [7, 11) is 0. The zero-order valence-electron chi connectivity index (χ0n) is 11.2. The zero-order chi connectivity index (χ0) is 13.9. The first-order chi connectivity index (χ1) is 9.74. The van der Waals surface area contributed by atoms with Crippen LogP contribution in [0.3, 0.4) is 0 Å². The van der Waals surface area contributed by atoms with Gasteiger partial charge in [-0.25, -0.2) is 4.98 Å². The smallest absolute Gasteiger partial charge is 0.253 e. The second kappa shape index (κ2) is 6.28. The van der Waals surface area contributed by atoms with Gasteiger partial charge in [0.2, 0.25) is 0 Å². The second-order valence-electron chi connectivity index (χ2n) is 4.53. The molecule has 0 unspecified atom stereocenters. The number of anilines is 1. The number of fused-ring (bicyclic) bond motifs is 1. The highest BCUT2D eigenvalue weighted by molar-refractivity contribution is 5.94. The van der Waals surface area contributed by atoms with Crippen LogP contribution >= 0.6 is 12.4 Å². The Morgan fingerprint density at radius 3 is 2.90 bits per heavy atom. The standard InChI is InChI=1S/C15H14N4O.ClH/c16-14-13-2-1-10(7-11(13)4-6-18-14)8-19-15(20)12-3-5-17-9-12;/h1-7,9,17H,8H2,(H2,16,18)(H,19,20);1H. The van der Waals surface area contributed by atoms with Gasteiger partial charge < -0.3 is 16.0 Å². The molecule has 6 heteroatoms. The van der Waals surface area contributed by atoms with Crippen LogP contribution in [0.15, 0.2) is 48.9 Å². The molecule has 3 aromatic rings. The summed E-state index contributed by atoms with van der Waals surface area (Å²) in [6, 6.07) is 9.52. The van der Waals surface area contributed by atoms with Gasteiger partial charge in [-0.15, -0.1) is 12.4 Å². The van der Waals surface area contributed by atoms with E-state index in [4.69, 9.17) is 5.73 Å². The van der Waals surface area contributed by atoms with Gasteiger partial charge in [-0.3, -0.25) is 4.79 Å². The molecule has 0 saturated carbocycles. The highest BCUT2D eigenvalue weighted by Gasteiger charge is 2.05. The van der Waals surface area contributed by atoms with E-state index >= 15 is 0 Å². The summed E-state index contributed by atoms with van der Waals surface area (Å²) in [5.74, 6) is 0.422. The number of aromatic amines is 1. The normalized spacial score (nSPS) is 10.1. The van der Waals surface area contributed by atoms with E-state index in [0.29, 0.717) is 17.9 Å². The van der Waals surface area contributed by atoms with Gasteiger partial charge in [0.25, 0.3) is 5.91 Å². The van der Waals surface area contributed by atoms with E-state index in [1.54, 1.807) is 24.7 Å². The molecule has 0 atom stereocenters. The number of halogens is 1. The summed E-state index contributed by atoms with van der Waals surface area (Å²) in [5, 5.41) is 4.82. The Kier molecular flexibility index (Phi) is 4.45. The SMILES string of the molecule is Cl.Nc1nccc2cc(CNC(=O)c3cc[nH]c3)ccc12. The molecule has 1 amide bonds. The number of nitrogen functional groups attached to an aromatic ring is 1. The molecule has 2 heterocycles. The van der Waals surface area contributed by atoms with Crippen molar-refractivity contribution in [2.45, 2.75) is 6.54 Å². The molecule has 0 radical (unpaired) electrons. The van der Waals surface area contributed by atoms with Gasteiger partial charge in [0.05, 0.1) is 5.56 Å². The van der Waals surface area contributed by atoms with Crippen molar-refractivity contribution in [2.75, 3.05) is 5.73 Å². The predicted molar refractivity (Wildman–Crippen MR) is 85.4 cm³/mol. The van der Waals surface area contributed by atoms with Crippen molar-refractivity contribution < 1.29 is 4.79 Å². The van der Waals surface area contributed by atoms with Crippen LogP contribution in [0.2, 0.25) is 0 Å². The molecule has 1 aromatic carbocycles. The number of hydrogen-bond acceptors (Lipinski definition) is 3. The Balaban J connectivity index is 0.00000161. The minimum absolute atomic E-state index is 0. The number of carbonyl (C=O) groups excluding carboxylic acids is 1. The topological polar surface area (TPSA) is 83.8 Å². The van der Waals surface area contributed by atoms with E-state index in [-0.39, 0.29) is 18.3 Å². The van der Waals surface area contributed by atoms with E-state index in [1.165, 1.54) is 0 Å². The molecule has 0 fully saturated rings. The molecule has 0 bridgehead atoms. The Morgan fingerprint density at radius 2 is 2.14 bits per heavy atom. The van der Waals surface area contributed by atoms with Crippen molar-refractivity contribution in [1.82, 2.24) is 15.3 Å². The number of hydrogen-bond donors (Lipinski definition) is 3. The molecule has 4 N–H and O–H groups in total. The van der Waals surface area contributed by atoms with Crippen LogP contribution in [-0.2, 0) is 6.54 Å². The zero-order valence-corrected chi connectivity index (χ0v) is 12.0. The Hall–Kier alpha value is -2.53. The lowest BCUT2D eigenvalue weighted by molar-refractivity contribution is 0.0951. The molecule has 108 valence electrons. The first kappa shape index (κ1) is 14.9. The minimum atomic E-state index is -0.0967. The van der Waals surface area contributed by atoms with Gasteiger partial charge >= 0.3 is 0 Å². The maximum Gasteiger partial charge on any atom is 0.253 e. The number of amides is 1. The summed E-state index contributed by atoms with van der Waals surface area (Å²) in [6.07, 6.45) is 5.07. The molecule has 21 heavy (non-hydrogen) atoms. The first-order valence-electron chi connectivity index (χ1n) is 6.28. The minimum Gasteiger partial charge on any atom is -0.383 e. The second-order valence-corrected chi connectivity index (χ2v) is 4.53. The van der Waals surface area contributed by atoms with Gasteiger partial charge in [-0.05, 0) is 29.1 Å². The van der Waals surface area contributed by atoms with Crippen LogP contribution in [0.1, 0.15) is 15.9 Å². The van der Waals surface area contributed by atoms with Crippen molar-refractivity contribution in [3.8, 4) is 0 Å². The van der Waals surface area contributed by atoms with Crippen LogP contribution in [0, 0.1) is 0 Å². The Bertz CT molecular complexity index is 755. The van der Waals surface area contributed by atoms with Crippen molar-refractivity contribution in [3.63, 3.8) is 0 Å². The number of H-pyrrole nitrogens is 1. The number of nitrogens with two attached hydrogens (primary N) is 1. The lowest BCUT2D eigenvalue weighted by Gasteiger charge is -2.06. The molecule has 3 rings (SSSR count). The Morgan fingerprint density at radius 1 is 1.29 bits per heavy atom. The molecular formula is C15H15ClN4O. The van der Waals surface area contributed by atoms with Gasteiger partial charge in [0.1, 0.15) is 5.82 Å². The molecule has 0 spiro atoms. The summed E-state index contributed by atoms with van der Waals surface area (Å²) in [6.45, 7) is 0.474. The lowest BCUT2D eigenvalue weighted by Crippen LogP contribution is -2.22. The van der Waals surface area contributed by atoms with Crippen LogP contribution < -0.4 is 11.1 Å². The largest absolute Gasteiger partial charge is 0.383 e. The van der Waals surface area contributed by atoms with E-state index < -0.39 is 0 Å². The molecule has 0 aliphatic rings. The van der Waals surface area contributed by atoms with Gasteiger partial charge in [-0.2, -0.15) is 0 Å². The van der Waals surface area contributed by atoms with E-state index in [1.807, 2.05) is 24.3 Å². The fourth-order valence-electron chi connectivity index (χ4n) is 2.11. The predicted octanol–water partition coefficient (Wildman–Crippen LogP) is 2.50. The van der Waals surface area contributed by atoms with E-state index in [9.17, 15) is 4.79 Å². The van der Waals surface area contributed by atoms with Gasteiger partial charge in [-0.1, -0.05) is 12.1 Å². The third-order valence-corrected chi connectivity index (χ3v) is 3.17. The average molecular weight is 303 g/mol. The summed E-state index contributed by atoms with van der Waals surface area (Å²) in [4.78, 5) is 18.7. The van der Waals surface area contributed by atoms with E-state index in [2.05, 4.69) is 15.3 Å². The highest BCUT2D eigenvalue weighted by Crippen LogP contribution is 2.19. The molecular weight excluding hydrogens is 288 g/mol.